The maximum Gasteiger partial charge on any atom is 0.335 e. The molecule has 7 N–H and O–H groups in total. The molecule has 0 heterocycles. The van der Waals surface area contributed by atoms with Crippen molar-refractivity contribution in [3.05, 3.63) is 130 Å². The number of carboxylic acid groups (broad SMARTS) is 2. The van der Waals surface area contributed by atoms with E-state index in [0.717, 1.165) is 46.5 Å². The Morgan fingerprint density at radius 1 is 0.746 bits per heavy atom. The maximum absolute atomic E-state index is 14.0. The molecule has 4 amide bonds. The van der Waals surface area contributed by atoms with Crippen LogP contribution in [0, 0.1) is 17.6 Å². The van der Waals surface area contributed by atoms with Gasteiger partial charge in [-0.05, 0) is 72.5 Å². The molecule has 0 fully saturated rings. The summed E-state index contributed by atoms with van der Waals surface area (Å²) in [4.78, 5) is 77.4. The smallest absolute Gasteiger partial charge is 0.335 e. The molecule has 0 bridgehead atoms. The van der Waals surface area contributed by atoms with E-state index in [0.29, 0.717) is 6.07 Å². The molecule has 0 aromatic heterocycles. The van der Waals surface area contributed by atoms with Gasteiger partial charge in [0.1, 0.15) is 17.7 Å². The number of hydrogen-bond acceptors (Lipinski definition) is 10. The van der Waals surface area contributed by atoms with Crippen LogP contribution in [0.2, 0.25) is 0 Å². The van der Waals surface area contributed by atoms with Gasteiger partial charge in [-0.25, -0.2) is 26.8 Å². The van der Waals surface area contributed by atoms with Crippen molar-refractivity contribution >= 4 is 57.0 Å². The molecule has 4 atom stereocenters. The van der Waals surface area contributed by atoms with Gasteiger partial charge < -0.3 is 41.3 Å². The molecule has 17 nitrogen and oxygen atoms in total. The van der Waals surface area contributed by atoms with Crippen LogP contribution in [0.15, 0.2) is 84.9 Å². The predicted octanol–water partition coefficient (Wildman–Crippen LogP) is 4.09. The van der Waals surface area contributed by atoms with Gasteiger partial charge in [-0.15, -0.1) is 0 Å². The number of aliphatic hydroxyl groups excluding tert-OH is 1. The molecular weight excluding hydrogens is 849 g/mol. The fourth-order valence-corrected chi connectivity index (χ4v) is 6.60. The molecule has 0 unspecified atom stereocenters. The molecule has 0 saturated heterocycles. The molecular formula is C43H47F2N5O12S. The summed E-state index contributed by atoms with van der Waals surface area (Å²) < 4.78 is 59.4. The summed E-state index contributed by atoms with van der Waals surface area (Å²) in [5, 5.41) is 40.4. The second-order valence-electron chi connectivity index (χ2n) is 14.9. The van der Waals surface area contributed by atoms with E-state index in [1.165, 1.54) is 25.2 Å². The van der Waals surface area contributed by atoms with Crippen molar-refractivity contribution in [2.24, 2.45) is 5.92 Å². The fourth-order valence-electron chi connectivity index (χ4n) is 6.12. The Morgan fingerprint density at radius 2 is 1.29 bits per heavy atom. The van der Waals surface area contributed by atoms with E-state index in [1.54, 1.807) is 51.1 Å². The highest BCUT2D eigenvalue weighted by Crippen LogP contribution is 2.23. The third-order valence-corrected chi connectivity index (χ3v) is 10.8. The van der Waals surface area contributed by atoms with E-state index in [2.05, 4.69) is 21.3 Å². The summed E-state index contributed by atoms with van der Waals surface area (Å²) >= 11 is 0. The van der Waals surface area contributed by atoms with Gasteiger partial charge >= 0.3 is 11.9 Å². The van der Waals surface area contributed by atoms with Gasteiger partial charge in [-0.2, -0.15) is 0 Å². The Morgan fingerprint density at radius 3 is 1.81 bits per heavy atom. The lowest BCUT2D eigenvalue weighted by Crippen LogP contribution is -2.51. The van der Waals surface area contributed by atoms with Crippen LogP contribution in [-0.4, -0.2) is 97.4 Å². The first-order valence-electron chi connectivity index (χ1n) is 19.2. The number of sulfonamides is 1. The number of halogens is 2. The third kappa shape index (κ3) is 14.1. The first-order valence-corrected chi connectivity index (χ1v) is 21.1. The normalized spacial score (nSPS) is 13.2. The van der Waals surface area contributed by atoms with Gasteiger partial charge in [0, 0.05) is 29.9 Å². The number of anilines is 2. The van der Waals surface area contributed by atoms with Crippen molar-refractivity contribution in [2.75, 3.05) is 29.5 Å². The molecule has 20 heteroatoms. The van der Waals surface area contributed by atoms with E-state index >= 15 is 0 Å². The Hall–Kier alpha value is -6.77. The number of carboxylic acids is 2. The van der Waals surface area contributed by atoms with E-state index in [9.17, 15) is 61.3 Å². The Kier molecular flexibility index (Phi) is 16.6. The van der Waals surface area contributed by atoms with Crippen LogP contribution >= 0.6 is 0 Å². The number of nitrogens with one attached hydrogen (secondary N) is 4. The summed E-state index contributed by atoms with van der Waals surface area (Å²) in [5.74, 6) is -8.73. The van der Waals surface area contributed by atoms with Crippen molar-refractivity contribution in [3.8, 4) is 0 Å². The lowest BCUT2D eigenvalue weighted by Gasteiger charge is -2.26. The van der Waals surface area contributed by atoms with Crippen LogP contribution in [0.4, 0.5) is 20.2 Å². The van der Waals surface area contributed by atoms with E-state index in [1.807, 2.05) is 0 Å². The number of nitrogens with zero attached hydrogens (tertiary/aromatic N) is 1. The van der Waals surface area contributed by atoms with Gasteiger partial charge in [-0.1, -0.05) is 44.2 Å². The summed E-state index contributed by atoms with van der Waals surface area (Å²) in [5.41, 5.74) is -0.659. The molecule has 4 aromatic carbocycles. The summed E-state index contributed by atoms with van der Waals surface area (Å²) in [6, 6.07) is 14.8. The molecule has 0 aliphatic rings. The average molecular weight is 896 g/mol. The predicted molar refractivity (Wildman–Crippen MR) is 226 cm³/mol. The number of carbonyl (C=O) groups is 6. The Labute approximate surface area is 361 Å². The molecule has 336 valence electrons. The minimum Gasteiger partial charge on any atom is -0.478 e. The van der Waals surface area contributed by atoms with Gasteiger partial charge in [0.2, 0.25) is 21.8 Å². The van der Waals surface area contributed by atoms with E-state index in [-0.39, 0.29) is 28.1 Å². The lowest BCUT2D eigenvalue weighted by atomic mass is 10.0. The first-order chi connectivity index (χ1) is 29.5. The van der Waals surface area contributed by atoms with Crippen molar-refractivity contribution in [1.82, 2.24) is 16.0 Å². The van der Waals surface area contributed by atoms with E-state index < -0.39 is 118 Å². The monoisotopic (exact) mass is 895 g/mol. The van der Waals surface area contributed by atoms with Crippen LogP contribution in [0.25, 0.3) is 0 Å². The molecule has 0 aliphatic carbocycles. The van der Waals surface area contributed by atoms with Crippen molar-refractivity contribution in [3.63, 3.8) is 0 Å². The molecule has 63 heavy (non-hydrogen) atoms. The second kappa shape index (κ2) is 21.3. The zero-order valence-electron chi connectivity index (χ0n) is 34.7. The lowest BCUT2D eigenvalue weighted by molar-refractivity contribution is -0.129. The number of rotatable bonds is 20. The first kappa shape index (κ1) is 48.9. The minimum absolute atomic E-state index is 0.0527. The summed E-state index contributed by atoms with van der Waals surface area (Å²) in [6.45, 7) is 3.87. The second-order valence-corrected chi connectivity index (χ2v) is 17.0. The largest absolute Gasteiger partial charge is 0.478 e. The number of amides is 4. The van der Waals surface area contributed by atoms with Crippen LogP contribution in [0.1, 0.15) is 85.8 Å². The summed E-state index contributed by atoms with van der Waals surface area (Å²) in [6.07, 6.45) is -1.65. The average Bonchev–Trinajstić information content (AvgIpc) is 3.21. The third-order valence-electron chi connectivity index (χ3n) is 9.57. The van der Waals surface area contributed by atoms with Crippen molar-refractivity contribution in [2.45, 2.75) is 58.0 Å². The fraction of sp³-hybridized carbons (Fsp3) is 0.302. The number of aromatic carboxylic acids is 2. The zero-order valence-corrected chi connectivity index (χ0v) is 35.5. The number of ether oxygens (including phenoxy) is 1. The number of carbonyl (C=O) groups excluding carboxylic acids is 4. The molecule has 0 radical (unpaired) electrons. The standard InChI is InChI=1S/C43H47F2N5O12S/c1-23(2)38(41(55)47-33-15-29(42(56)57)14-30(16-33)43(58)59)49-37(52)20-36(51)35(22-62-21-25-11-31(44)19-32(45)12-25)48-40(54)28-13-27(17-34(18-28)50(4)63(5,60)61)39(53)46-24(3)26-9-7-6-8-10-26/h6-19,23-24,35-36,38,51H,20-22H2,1-5H3,(H,46,53)(H,47,55)(H,48,54)(H,49,52)(H,56,57)(H,58,59)/t24-,35+,36+,38+/m1/s1. The molecule has 0 aliphatic heterocycles. The highest BCUT2D eigenvalue weighted by Gasteiger charge is 2.30. The highest BCUT2D eigenvalue weighted by atomic mass is 32.2. The molecule has 4 aromatic rings. The van der Waals surface area contributed by atoms with Gasteiger partial charge in [0.05, 0.1) is 60.9 Å². The van der Waals surface area contributed by atoms with Crippen LogP contribution in [0.3, 0.4) is 0 Å². The quantitative estimate of drug-likeness (QED) is 0.0662. The number of hydrogen-bond donors (Lipinski definition) is 7. The molecule has 0 saturated carbocycles. The van der Waals surface area contributed by atoms with Crippen LogP contribution < -0.4 is 25.6 Å². The summed E-state index contributed by atoms with van der Waals surface area (Å²) in [7, 11) is -2.71. The van der Waals surface area contributed by atoms with Crippen molar-refractivity contribution < 1.29 is 66.0 Å². The minimum atomic E-state index is -3.92. The van der Waals surface area contributed by atoms with Crippen molar-refractivity contribution in [1.29, 1.82) is 0 Å². The topological polar surface area (TPSA) is 258 Å². The van der Waals surface area contributed by atoms with Gasteiger partial charge in [-0.3, -0.25) is 23.5 Å². The van der Waals surface area contributed by atoms with Gasteiger partial charge in [0.25, 0.3) is 11.8 Å². The van der Waals surface area contributed by atoms with Gasteiger partial charge in [0.15, 0.2) is 0 Å². The molecule has 4 rings (SSSR count). The Balaban J connectivity index is 1.60. The maximum atomic E-state index is 14.0. The van der Waals surface area contributed by atoms with E-state index in [4.69, 9.17) is 4.74 Å². The van der Waals surface area contributed by atoms with Crippen LogP contribution in [-0.2, 0) is 31.0 Å². The number of benzene rings is 4. The molecule has 0 spiro atoms. The number of aliphatic hydroxyl groups is 1. The SMILES string of the molecule is CC(C)[C@H](NC(=O)C[C@H](O)[C@H](COCc1cc(F)cc(F)c1)NC(=O)c1cc(C(=O)N[C@H](C)c2ccccc2)cc(N(C)S(C)(=O)=O)c1)C(=O)Nc1cc(C(=O)O)cc(C(=O)O)c1. The van der Waals surface area contributed by atoms with Crippen LogP contribution in [0.5, 0.6) is 0 Å². The zero-order chi connectivity index (χ0) is 46.8. The highest BCUT2D eigenvalue weighted by molar-refractivity contribution is 7.92. The Bertz CT molecular complexity index is 2420.